The van der Waals surface area contributed by atoms with Gasteiger partial charge in [-0.25, -0.2) is 0 Å². The summed E-state index contributed by atoms with van der Waals surface area (Å²) in [7, 11) is 0. The van der Waals surface area contributed by atoms with Gasteiger partial charge in [-0.2, -0.15) is 11.3 Å². The highest BCUT2D eigenvalue weighted by Gasteiger charge is 2.05. The molecular formula is C11H17ClS. The molecule has 0 saturated heterocycles. The van der Waals surface area contributed by atoms with Gasteiger partial charge in [-0.3, -0.25) is 0 Å². The lowest BCUT2D eigenvalue weighted by molar-refractivity contribution is 0.638. The smallest absolute Gasteiger partial charge is 0.0376 e. The Morgan fingerprint density at radius 1 is 1.46 bits per heavy atom. The summed E-state index contributed by atoms with van der Waals surface area (Å²) in [6.07, 6.45) is 6.06. The molecule has 0 fully saturated rings. The molecule has 1 heterocycles. The first-order valence-corrected chi connectivity index (χ1v) is 6.36. The van der Waals surface area contributed by atoms with E-state index in [0.29, 0.717) is 5.38 Å². The van der Waals surface area contributed by atoms with Gasteiger partial charge in [0.2, 0.25) is 0 Å². The van der Waals surface area contributed by atoms with Gasteiger partial charge in [0.05, 0.1) is 0 Å². The number of alkyl halides is 1. The van der Waals surface area contributed by atoms with Gasteiger partial charge in [-0.1, -0.05) is 26.2 Å². The van der Waals surface area contributed by atoms with Gasteiger partial charge in [-0.05, 0) is 35.2 Å². The van der Waals surface area contributed by atoms with Gasteiger partial charge in [0, 0.05) is 5.38 Å². The van der Waals surface area contributed by atoms with Gasteiger partial charge >= 0.3 is 0 Å². The molecule has 0 spiro atoms. The summed E-state index contributed by atoms with van der Waals surface area (Å²) in [5.74, 6) is 0. The van der Waals surface area contributed by atoms with E-state index in [1.54, 1.807) is 11.3 Å². The highest BCUT2D eigenvalue weighted by molar-refractivity contribution is 7.07. The van der Waals surface area contributed by atoms with Crippen molar-refractivity contribution in [1.29, 1.82) is 0 Å². The average Bonchev–Trinajstić information content (AvgIpc) is 2.57. The maximum absolute atomic E-state index is 6.21. The van der Waals surface area contributed by atoms with Crippen molar-refractivity contribution in [1.82, 2.24) is 0 Å². The van der Waals surface area contributed by atoms with Crippen LogP contribution >= 0.6 is 22.9 Å². The standard InChI is InChI=1S/C11H17ClS/c1-2-3-4-5-11(12)8-10-6-7-13-9-10/h6-7,9,11H,2-5,8H2,1H3. The van der Waals surface area contributed by atoms with Crippen LogP contribution in [0.3, 0.4) is 0 Å². The van der Waals surface area contributed by atoms with Gasteiger partial charge in [-0.15, -0.1) is 11.6 Å². The summed E-state index contributed by atoms with van der Waals surface area (Å²) in [6, 6.07) is 2.17. The van der Waals surface area contributed by atoms with E-state index in [2.05, 4.69) is 23.8 Å². The van der Waals surface area contributed by atoms with Crippen LogP contribution in [-0.4, -0.2) is 5.38 Å². The number of rotatable bonds is 6. The van der Waals surface area contributed by atoms with Crippen LogP contribution in [0.2, 0.25) is 0 Å². The van der Waals surface area contributed by atoms with Crippen LogP contribution in [0.25, 0.3) is 0 Å². The van der Waals surface area contributed by atoms with Crippen molar-refractivity contribution in [2.45, 2.75) is 44.4 Å². The molecular weight excluding hydrogens is 200 g/mol. The third-order valence-electron chi connectivity index (χ3n) is 2.16. The Hall–Kier alpha value is -0.0100. The highest BCUT2D eigenvalue weighted by atomic mass is 35.5. The van der Waals surface area contributed by atoms with E-state index in [9.17, 15) is 0 Å². The molecule has 1 aromatic rings. The van der Waals surface area contributed by atoms with E-state index in [-0.39, 0.29) is 0 Å². The summed E-state index contributed by atoms with van der Waals surface area (Å²) < 4.78 is 0. The highest BCUT2D eigenvalue weighted by Crippen LogP contribution is 2.16. The van der Waals surface area contributed by atoms with Gasteiger partial charge in [0.25, 0.3) is 0 Å². The van der Waals surface area contributed by atoms with Crippen molar-refractivity contribution in [3.8, 4) is 0 Å². The third-order valence-corrected chi connectivity index (χ3v) is 3.26. The lowest BCUT2D eigenvalue weighted by atomic mass is 10.1. The van der Waals surface area contributed by atoms with Crippen molar-refractivity contribution in [3.05, 3.63) is 22.4 Å². The van der Waals surface area contributed by atoms with Gasteiger partial charge in [0.15, 0.2) is 0 Å². The predicted molar refractivity (Wildman–Crippen MR) is 61.8 cm³/mol. The number of hydrogen-bond acceptors (Lipinski definition) is 1. The van der Waals surface area contributed by atoms with E-state index in [4.69, 9.17) is 11.6 Å². The van der Waals surface area contributed by atoms with Crippen molar-refractivity contribution in [2.75, 3.05) is 0 Å². The lowest BCUT2D eigenvalue weighted by Crippen LogP contribution is -2.02. The molecule has 1 atom stereocenters. The molecule has 0 aliphatic carbocycles. The largest absolute Gasteiger partial charge is 0.152 e. The van der Waals surface area contributed by atoms with E-state index in [1.807, 2.05) is 0 Å². The molecule has 0 N–H and O–H groups in total. The molecule has 0 nitrogen and oxygen atoms in total. The SMILES string of the molecule is CCCCCC(Cl)Cc1ccsc1. The molecule has 0 saturated carbocycles. The Labute approximate surface area is 89.9 Å². The van der Waals surface area contributed by atoms with Crippen LogP contribution in [0.15, 0.2) is 16.8 Å². The summed E-state index contributed by atoms with van der Waals surface area (Å²) in [4.78, 5) is 0. The van der Waals surface area contributed by atoms with Crippen molar-refractivity contribution < 1.29 is 0 Å². The molecule has 1 unspecified atom stereocenters. The summed E-state index contributed by atoms with van der Waals surface area (Å²) in [5.41, 5.74) is 1.39. The van der Waals surface area contributed by atoms with Crippen LogP contribution in [0.5, 0.6) is 0 Å². The lowest BCUT2D eigenvalue weighted by Gasteiger charge is -2.06. The van der Waals surface area contributed by atoms with Crippen molar-refractivity contribution >= 4 is 22.9 Å². The second kappa shape index (κ2) is 6.44. The molecule has 2 heteroatoms. The third kappa shape index (κ3) is 4.68. The van der Waals surface area contributed by atoms with E-state index in [0.717, 1.165) is 12.8 Å². The van der Waals surface area contributed by atoms with Gasteiger partial charge in [0.1, 0.15) is 0 Å². The zero-order valence-electron chi connectivity index (χ0n) is 8.13. The Kier molecular flexibility index (Phi) is 5.49. The fourth-order valence-corrected chi connectivity index (χ4v) is 2.40. The Balaban J connectivity index is 2.14. The first-order valence-electron chi connectivity index (χ1n) is 4.98. The summed E-state index contributed by atoms with van der Waals surface area (Å²) in [6.45, 7) is 2.22. The molecule has 0 bridgehead atoms. The monoisotopic (exact) mass is 216 g/mol. The summed E-state index contributed by atoms with van der Waals surface area (Å²) in [5, 5.41) is 4.64. The van der Waals surface area contributed by atoms with Crippen LogP contribution in [-0.2, 0) is 6.42 Å². The molecule has 1 rings (SSSR count). The minimum absolute atomic E-state index is 0.334. The topological polar surface area (TPSA) is 0 Å². The molecule has 0 amide bonds. The minimum Gasteiger partial charge on any atom is -0.152 e. The second-order valence-electron chi connectivity index (χ2n) is 3.43. The Morgan fingerprint density at radius 2 is 2.31 bits per heavy atom. The van der Waals surface area contributed by atoms with Crippen LogP contribution in [0.1, 0.15) is 38.2 Å². The normalized spacial score (nSPS) is 13.1. The van der Waals surface area contributed by atoms with E-state index < -0.39 is 0 Å². The fourth-order valence-electron chi connectivity index (χ4n) is 1.38. The van der Waals surface area contributed by atoms with E-state index >= 15 is 0 Å². The first kappa shape index (κ1) is 11.1. The molecule has 13 heavy (non-hydrogen) atoms. The molecule has 74 valence electrons. The molecule has 0 radical (unpaired) electrons. The Morgan fingerprint density at radius 3 is 2.92 bits per heavy atom. The number of thiophene rings is 1. The second-order valence-corrected chi connectivity index (χ2v) is 4.83. The number of halogens is 1. The van der Waals surface area contributed by atoms with Crippen LogP contribution < -0.4 is 0 Å². The van der Waals surface area contributed by atoms with Crippen molar-refractivity contribution in [2.24, 2.45) is 0 Å². The maximum atomic E-state index is 6.21. The summed E-state index contributed by atoms with van der Waals surface area (Å²) >= 11 is 7.96. The van der Waals surface area contributed by atoms with Gasteiger partial charge < -0.3 is 0 Å². The number of hydrogen-bond donors (Lipinski definition) is 0. The molecule has 0 aliphatic rings. The fraction of sp³-hybridized carbons (Fsp3) is 0.636. The zero-order chi connectivity index (χ0) is 9.52. The van der Waals surface area contributed by atoms with Crippen molar-refractivity contribution in [3.63, 3.8) is 0 Å². The zero-order valence-corrected chi connectivity index (χ0v) is 9.70. The van der Waals surface area contributed by atoms with E-state index in [1.165, 1.54) is 24.8 Å². The van der Waals surface area contributed by atoms with Crippen LogP contribution in [0.4, 0.5) is 0 Å². The Bertz CT molecular complexity index is 206. The molecule has 1 aromatic heterocycles. The first-order chi connectivity index (χ1) is 6.33. The minimum atomic E-state index is 0.334. The molecule has 0 aliphatic heterocycles. The number of unbranched alkanes of at least 4 members (excludes halogenated alkanes) is 2. The quantitative estimate of drug-likeness (QED) is 0.486. The maximum Gasteiger partial charge on any atom is 0.0376 e. The molecule has 0 aromatic carbocycles. The average molecular weight is 217 g/mol. The van der Waals surface area contributed by atoms with Crippen LogP contribution in [0, 0.1) is 0 Å². The predicted octanol–water partition coefficient (Wildman–Crippen LogP) is 4.48.